The molecule has 0 radical (unpaired) electrons. The highest BCUT2D eigenvalue weighted by molar-refractivity contribution is 9.09. The van der Waals surface area contributed by atoms with E-state index in [1.54, 1.807) is 24.3 Å². The Morgan fingerprint density at radius 2 is 2.06 bits per heavy atom. The summed E-state index contributed by atoms with van der Waals surface area (Å²) in [4.78, 5) is 27.4. The van der Waals surface area contributed by atoms with E-state index in [1.807, 2.05) is 6.07 Å². The minimum absolute atomic E-state index is 0.0740. The highest BCUT2D eigenvalue weighted by Crippen LogP contribution is 2.18. The Hall–Kier alpha value is -1.75. The SMILES string of the molecule is COC(=O)c1ccc2cccc(C(=O)CBr)c2n1. The quantitative estimate of drug-likeness (QED) is 0.497. The Labute approximate surface area is 112 Å². The van der Waals surface area contributed by atoms with Crippen molar-refractivity contribution in [2.24, 2.45) is 0 Å². The van der Waals surface area contributed by atoms with E-state index in [9.17, 15) is 9.59 Å². The fraction of sp³-hybridized carbons (Fsp3) is 0.154. The summed E-state index contributed by atoms with van der Waals surface area (Å²) in [6.07, 6.45) is 0. The van der Waals surface area contributed by atoms with E-state index in [0.717, 1.165) is 5.39 Å². The van der Waals surface area contributed by atoms with Crippen molar-refractivity contribution < 1.29 is 14.3 Å². The first-order valence-electron chi connectivity index (χ1n) is 5.24. The lowest BCUT2D eigenvalue weighted by Gasteiger charge is -2.05. The molecule has 0 aliphatic carbocycles. The van der Waals surface area contributed by atoms with Crippen molar-refractivity contribution in [1.82, 2.24) is 4.98 Å². The summed E-state index contributed by atoms with van der Waals surface area (Å²) in [5.74, 6) is -0.590. The molecule has 2 aromatic rings. The molecule has 4 nitrogen and oxygen atoms in total. The number of Topliss-reactive ketones (excluding diaryl/α,β-unsaturated/α-hetero) is 1. The van der Waals surface area contributed by atoms with Crippen molar-refractivity contribution in [3.05, 3.63) is 41.6 Å². The highest BCUT2D eigenvalue weighted by Gasteiger charge is 2.13. The van der Waals surface area contributed by atoms with E-state index in [2.05, 4.69) is 25.7 Å². The molecule has 1 aromatic carbocycles. The molecule has 0 amide bonds. The van der Waals surface area contributed by atoms with Crippen LogP contribution in [0, 0.1) is 0 Å². The molecule has 0 bridgehead atoms. The topological polar surface area (TPSA) is 56.3 Å². The number of carbonyl (C=O) groups is 2. The van der Waals surface area contributed by atoms with Crippen LogP contribution in [0.25, 0.3) is 10.9 Å². The van der Waals surface area contributed by atoms with Crippen molar-refractivity contribution in [2.75, 3.05) is 12.4 Å². The van der Waals surface area contributed by atoms with Gasteiger partial charge in [0.15, 0.2) is 5.78 Å². The van der Waals surface area contributed by atoms with Crippen LogP contribution in [0.4, 0.5) is 0 Å². The predicted octanol–water partition coefficient (Wildman–Crippen LogP) is 2.60. The van der Waals surface area contributed by atoms with Crippen molar-refractivity contribution in [3.8, 4) is 0 Å². The van der Waals surface area contributed by atoms with Crippen LogP contribution in [-0.4, -0.2) is 29.2 Å². The Bertz CT molecular complexity index is 625. The minimum Gasteiger partial charge on any atom is -0.464 e. The largest absolute Gasteiger partial charge is 0.464 e. The molecule has 0 saturated carbocycles. The predicted molar refractivity (Wildman–Crippen MR) is 71.2 cm³/mol. The van der Waals surface area contributed by atoms with Gasteiger partial charge in [0, 0.05) is 10.9 Å². The van der Waals surface area contributed by atoms with Gasteiger partial charge in [-0.15, -0.1) is 0 Å². The first-order valence-corrected chi connectivity index (χ1v) is 6.36. The Morgan fingerprint density at radius 3 is 2.72 bits per heavy atom. The minimum atomic E-state index is -0.516. The second-order valence-electron chi connectivity index (χ2n) is 3.62. The van der Waals surface area contributed by atoms with Gasteiger partial charge in [-0.05, 0) is 12.1 Å². The van der Waals surface area contributed by atoms with Crippen LogP contribution in [0.1, 0.15) is 20.8 Å². The second-order valence-corrected chi connectivity index (χ2v) is 4.18. The van der Waals surface area contributed by atoms with Crippen LogP contribution in [0.2, 0.25) is 0 Å². The maximum atomic E-state index is 11.8. The highest BCUT2D eigenvalue weighted by atomic mass is 79.9. The second kappa shape index (κ2) is 5.27. The molecule has 0 atom stereocenters. The molecule has 0 saturated heterocycles. The first-order chi connectivity index (χ1) is 8.67. The molecule has 0 N–H and O–H groups in total. The van der Waals surface area contributed by atoms with Crippen LogP contribution >= 0.6 is 15.9 Å². The number of rotatable bonds is 3. The third-order valence-corrected chi connectivity index (χ3v) is 3.05. The van der Waals surface area contributed by atoms with E-state index < -0.39 is 5.97 Å². The smallest absolute Gasteiger partial charge is 0.356 e. The standard InChI is InChI=1S/C13H10BrNO3/c1-18-13(17)10-6-5-8-3-2-4-9(11(16)7-14)12(8)15-10/h2-6H,7H2,1H3. The van der Waals surface area contributed by atoms with Crippen LogP contribution < -0.4 is 0 Å². The maximum absolute atomic E-state index is 11.8. The molecule has 5 heteroatoms. The van der Waals surface area contributed by atoms with Gasteiger partial charge < -0.3 is 4.74 Å². The van der Waals surface area contributed by atoms with Crippen molar-refractivity contribution in [1.29, 1.82) is 0 Å². The maximum Gasteiger partial charge on any atom is 0.356 e. The summed E-state index contributed by atoms with van der Waals surface area (Å²) in [6.45, 7) is 0. The molecular formula is C13H10BrNO3. The molecule has 18 heavy (non-hydrogen) atoms. The molecule has 0 fully saturated rings. The van der Waals surface area contributed by atoms with Gasteiger partial charge in [-0.2, -0.15) is 0 Å². The Balaban J connectivity index is 2.65. The van der Waals surface area contributed by atoms with Gasteiger partial charge in [-0.3, -0.25) is 4.79 Å². The van der Waals surface area contributed by atoms with Crippen LogP contribution in [0.3, 0.4) is 0 Å². The third kappa shape index (κ3) is 2.26. The van der Waals surface area contributed by atoms with E-state index >= 15 is 0 Å². The van der Waals surface area contributed by atoms with Crippen LogP contribution in [0.15, 0.2) is 30.3 Å². The number of ether oxygens (including phenoxy) is 1. The molecular weight excluding hydrogens is 298 g/mol. The number of para-hydroxylation sites is 1. The van der Waals surface area contributed by atoms with Crippen molar-refractivity contribution in [3.63, 3.8) is 0 Å². The average molecular weight is 308 g/mol. The van der Waals surface area contributed by atoms with Gasteiger partial charge in [-0.25, -0.2) is 9.78 Å². The van der Waals surface area contributed by atoms with Gasteiger partial charge in [0.25, 0.3) is 0 Å². The third-order valence-electron chi connectivity index (χ3n) is 2.54. The molecule has 1 heterocycles. The van der Waals surface area contributed by atoms with Gasteiger partial charge in [0.2, 0.25) is 0 Å². The zero-order valence-corrected chi connectivity index (χ0v) is 11.2. The van der Waals surface area contributed by atoms with Crippen molar-refractivity contribution >= 4 is 38.6 Å². The molecule has 0 spiro atoms. The number of esters is 1. The van der Waals surface area contributed by atoms with E-state index in [1.165, 1.54) is 7.11 Å². The van der Waals surface area contributed by atoms with Gasteiger partial charge >= 0.3 is 5.97 Å². The Morgan fingerprint density at radius 1 is 1.28 bits per heavy atom. The van der Waals surface area contributed by atoms with Gasteiger partial charge in [-0.1, -0.05) is 34.1 Å². The fourth-order valence-corrected chi connectivity index (χ4v) is 1.96. The van der Waals surface area contributed by atoms with Gasteiger partial charge in [0.1, 0.15) is 5.69 Å². The molecule has 2 rings (SSSR count). The molecule has 1 aromatic heterocycles. The van der Waals surface area contributed by atoms with Gasteiger partial charge in [0.05, 0.1) is 18.0 Å². The number of ketones is 1. The fourth-order valence-electron chi connectivity index (χ4n) is 1.66. The lowest BCUT2D eigenvalue weighted by molar-refractivity contribution is 0.0594. The number of nitrogens with zero attached hydrogens (tertiary/aromatic N) is 1. The lowest BCUT2D eigenvalue weighted by atomic mass is 10.1. The number of halogens is 1. The first kappa shape index (κ1) is 12.7. The molecule has 0 aliphatic rings. The molecule has 0 aliphatic heterocycles. The number of alkyl halides is 1. The number of fused-ring (bicyclic) bond motifs is 1. The summed E-state index contributed by atoms with van der Waals surface area (Å²) >= 11 is 3.13. The summed E-state index contributed by atoms with van der Waals surface area (Å²) in [6, 6.07) is 8.66. The Kier molecular flexibility index (Phi) is 3.72. The number of pyridine rings is 1. The number of hydrogen-bond donors (Lipinski definition) is 0. The summed E-state index contributed by atoms with van der Waals surface area (Å²) < 4.78 is 4.62. The normalized spacial score (nSPS) is 10.3. The lowest BCUT2D eigenvalue weighted by Crippen LogP contribution is -2.07. The number of methoxy groups -OCH3 is 1. The number of aromatic nitrogens is 1. The van der Waals surface area contributed by atoms with E-state index in [4.69, 9.17) is 0 Å². The summed E-state index contributed by atoms with van der Waals surface area (Å²) in [5, 5.41) is 1.03. The van der Waals surface area contributed by atoms with Crippen molar-refractivity contribution in [2.45, 2.75) is 0 Å². The monoisotopic (exact) mass is 307 g/mol. The van der Waals surface area contributed by atoms with Crippen LogP contribution in [0.5, 0.6) is 0 Å². The molecule has 0 unspecified atom stereocenters. The number of benzene rings is 1. The zero-order valence-electron chi connectivity index (χ0n) is 9.64. The zero-order chi connectivity index (χ0) is 13.1. The molecule has 92 valence electrons. The number of hydrogen-bond acceptors (Lipinski definition) is 4. The van der Waals surface area contributed by atoms with E-state index in [-0.39, 0.29) is 16.8 Å². The summed E-state index contributed by atoms with van der Waals surface area (Å²) in [7, 11) is 1.30. The average Bonchev–Trinajstić information content (AvgIpc) is 2.44. The number of carbonyl (C=O) groups excluding carboxylic acids is 2. The summed E-state index contributed by atoms with van der Waals surface area (Å²) in [5.41, 5.74) is 1.21. The van der Waals surface area contributed by atoms with E-state index in [0.29, 0.717) is 11.1 Å². The van der Waals surface area contributed by atoms with Crippen LogP contribution in [-0.2, 0) is 4.74 Å².